The lowest BCUT2D eigenvalue weighted by molar-refractivity contribution is 0.568. The summed E-state index contributed by atoms with van der Waals surface area (Å²) in [7, 11) is 2.04. The van der Waals surface area contributed by atoms with Crippen LogP contribution in [0.25, 0.3) is 33.8 Å². The van der Waals surface area contributed by atoms with E-state index >= 15 is 0 Å². The van der Waals surface area contributed by atoms with Gasteiger partial charge in [0.25, 0.3) is 0 Å². The van der Waals surface area contributed by atoms with Crippen molar-refractivity contribution in [1.29, 1.82) is 0 Å². The molecule has 0 spiro atoms. The van der Waals surface area contributed by atoms with Gasteiger partial charge in [0.15, 0.2) is 0 Å². The number of hydrogen-bond donors (Lipinski definition) is 0. The zero-order chi connectivity index (χ0) is 14.9. The fourth-order valence-corrected chi connectivity index (χ4v) is 2.76. The van der Waals surface area contributed by atoms with Crippen LogP contribution in [0, 0.1) is 0 Å². The zero-order valence-electron chi connectivity index (χ0n) is 12.1. The lowest BCUT2D eigenvalue weighted by Gasteiger charge is -2.08. The van der Waals surface area contributed by atoms with Gasteiger partial charge >= 0.3 is 0 Å². The highest BCUT2D eigenvalue weighted by atomic mass is 16.3. The molecule has 0 atom stereocenters. The summed E-state index contributed by atoms with van der Waals surface area (Å²) in [6.45, 7) is 0. The van der Waals surface area contributed by atoms with E-state index in [1.807, 2.05) is 43.6 Å². The molecule has 0 aliphatic heterocycles. The highest BCUT2D eigenvalue weighted by molar-refractivity contribution is 5.84. The van der Waals surface area contributed by atoms with Crippen LogP contribution in [0.4, 0.5) is 0 Å². The predicted octanol–water partition coefficient (Wildman–Crippen LogP) is 4.61. The smallest absolute Gasteiger partial charge is 0.136 e. The second-order valence-electron chi connectivity index (χ2n) is 5.08. The van der Waals surface area contributed by atoms with E-state index in [-0.39, 0.29) is 0 Å². The van der Waals surface area contributed by atoms with Crippen LogP contribution >= 0.6 is 0 Å². The normalized spacial score (nSPS) is 11.0. The van der Waals surface area contributed by atoms with Gasteiger partial charge in [-0.1, -0.05) is 0 Å². The van der Waals surface area contributed by atoms with Crippen LogP contribution in [0.2, 0.25) is 0 Å². The minimum atomic E-state index is 0.837. The summed E-state index contributed by atoms with van der Waals surface area (Å²) in [5.41, 5.74) is 5.26. The second kappa shape index (κ2) is 5.07. The van der Waals surface area contributed by atoms with E-state index < -0.39 is 0 Å². The van der Waals surface area contributed by atoms with Crippen molar-refractivity contribution in [1.82, 2.24) is 9.55 Å². The summed E-state index contributed by atoms with van der Waals surface area (Å²) in [5.74, 6) is 0.837. The molecule has 0 saturated heterocycles. The van der Waals surface area contributed by atoms with Crippen LogP contribution in [-0.4, -0.2) is 9.55 Å². The van der Waals surface area contributed by atoms with Gasteiger partial charge in [-0.15, -0.1) is 0 Å². The molecule has 4 rings (SSSR count). The Kier molecular flexibility index (Phi) is 2.93. The lowest BCUT2D eigenvalue weighted by atomic mass is 10.1. The molecule has 0 aromatic carbocycles. The maximum Gasteiger partial charge on any atom is 0.136 e. The molecule has 0 bridgehead atoms. The Balaban J connectivity index is 1.99. The van der Waals surface area contributed by atoms with Gasteiger partial charge in [0.2, 0.25) is 0 Å². The van der Waals surface area contributed by atoms with Crippen LogP contribution in [0.3, 0.4) is 0 Å². The molecule has 4 aromatic rings. The number of pyridine rings is 1. The standard InChI is InChI=1S/C18H14N2O2/c1-20-16(14-6-9-21-12-14)10-15(17-5-3-8-22-17)18(20)13-4-2-7-19-11-13/h2-12H,1H3. The van der Waals surface area contributed by atoms with Gasteiger partial charge in [-0.05, 0) is 36.4 Å². The molecular weight excluding hydrogens is 276 g/mol. The van der Waals surface area contributed by atoms with Crippen molar-refractivity contribution in [2.45, 2.75) is 0 Å². The molecule has 0 radical (unpaired) electrons. The number of rotatable bonds is 3. The summed E-state index contributed by atoms with van der Waals surface area (Å²) in [4.78, 5) is 4.23. The van der Waals surface area contributed by atoms with Crippen molar-refractivity contribution in [2.24, 2.45) is 7.05 Å². The van der Waals surface area contributed by atoms with Gasteiger partial charge in [-0.25, -0.2) is 0 Å². The fraction of sp³-hybridized carbons (Fsp3) is 0.0556. The quantitative estimate of drug-likeness (QED) is 0.553. The third kappa shape index (κ3) is 1.97. The van der Waals surface area contributed by atoms with Gasteiger partial charge in [0.05, 0.1) is 30.2 Å². The SMILES string of the molecule is Cn1c(-c2ccoc2)cc(-c2ccco2)c1-c1cccnc1. The molecule has 0 saturated carbocycles. The highest BCUT2D eigenvalue weighted by Crippen LogP contribution is 2.38. The maximum atomic E-state index is 5.61. The molecule has 0 amide bonds. The Morgan fingerprint density at radius 1 is 1.05 bits per heavy atom. The van der Waals surface area contributed by atoms with Crippen molar-refractivity contribution in [3.63, 3.8) is 0 Å². The lowest BCUT2D eigenvalue weighted by Crippen LogP contribution is -1.95. The Morgan fingerprint density at radius 3 is 2.68 bits per heavy atom. The first-order valence-corrected chi connectivity index (χ1v) is 7.01. The molecule has 4 heterocycles. The van der Waals surface area contributed by atoms with E-state index in [1.165, 1.54) is 0 Å². The second-order valence-corrected chi connectivity index (χ2v) is 5.08. The van der Waals surface area contributed by atoms with Crippen molar-refractivity contribution in [3.05, 3.63) is 67.6 Å². The number of furan rings is 2. The summed E-state index contributed by atoms with van der Waals surface area (Å²) < 4.78 is 13.0. The Morgan fingerprint density at radius 2 is 2.00 bits per heavy atom. The van der Waals surface area contributed by atoms with E-state index in [0.717, 1.165) is 33.8 Å². The van der Waals surface area contributed by atoms with Crippen molar-refractivity contribution in [2.75, 3.05) is 0 Å². The number of aromatic nitrogens is 2. The monoisotopic (exact) mass is 290 g/mol. The molecule has 22 heavy (non-hydrogen) atoms. The maximum absolute atomic E-state index is 5.61. The van der Waals surface area contributed by atoms with Crippen molar-refractivity contribution >= 4 is 0 Å². The average molecular weight is 290 g/mol. The summed E-state index contributed by atoms with van der Waals surface area (Å²) in [6, 6.07) is 11.9. The van der Waals surface area contributed by atoms with Crippen LogP contribution in [0.5, 0.6) is 0 Å². The first-order valence-electron chi connectivity index (χ1n) is 7.01. The molecule has 108 valence electrons. The first-order chi connectivity index (χ1) is 10.8. The summed E-state index contributed by atoms with van der Waals surface area (Å²) >= 11 is 0. The van der Waals surface area contributed by atoms with E-state index in [1.54, 1.807) is 25.0 Å². The predicted molar refractivity (Wildman–Crippen MR) is 84.0 cm³/mol. The third-order valence-corrected chi connectivity index (χ3v) is 3.77. The molecule has 0 aliphatic rings. The molecule has 0 N–H and O–H groups in total. The Hall–Kier alpha value is -3.01. The zero-order valence-corrected chi connectivity index (χ0v) is 12.1. The van der Waals surface area contributed by atoms with Crippen LogP contribution in [-0.2, 0) is 7.05 Å². The van der Waals surface area contributed by atoms with Crippen molar-refractivity contribution in [3.8, 4) is 33.8 Å². The fourth-order valence-electron chi connectivity index (χ4n) is 2.76. The molecule has 0 fully saturated rings. The van der Waals surface area contributed by atoms with E-state index in [4.69, 9.17) is 8.83 Å². The van der Waals surface area contributed by atoms with Crippen LogP contribution in [0.15, 0.2) is 76.4 Å². The van der Waals surface area contributed by atoms with Crippen molar-refractivity contribution < 1.29 is 8.83 Å². The molecule has 4 nitrogen and oxygen atoms in total. The van der Waals surface area contributed by atoms with Gasteiger partial charge in [0.1, 0.15) is 5.76 Å². The van der Waals surface area contributed by atoms with Crippen LogP contribution in [0.1, 0.15) is 0 Å². The molecule has 0 aliphatic carbocycles. The minimum Gasteiger partial charge on any atom is -0.472 e. The van der Waals surface area contributed by atoms with Gasteiger partial charge in [-0.3, -0.25) is 4.98 Å². The molecule has 4 heteroatoms. The van der Waals surface area contributed by atoms with Gasteiger partial charge in [-0.2, -0.15) is 0 Å². The van der Waals surface area contributed by atoms with Crippen LogP contribution < -0.4 is 0 Å². The molecular formula is C18H14N2O2. The van der Waals surface area contributed by atoms with Gasteiger partial charge < -0.3 is 13.4 Å². The topological polar surface area (TPSA) is 44.1 Å². The van der Waals surface area contributed by atoms with Gasteiger partial charge in [0, 0.05) is 36.1 Å². The summed E-state index contributed by atoms with van der Waals surface area (Å²) in [5, 5.41) is 0. The number of hydrogen-bond acceptors (Lipinski definition) is 3. The largest absolute Gasteiger partial charge is 0.472 e. The first kappa shape index (κ1) is 12.7. The summed E-state index contributed by atoms with van der Waals surface area (Å²) in [6.07, 6.45) is 8.75. The Bertz CT molecular complexity index is 873. The van der Waals surface area contributed by atoms with E-state index in [0.29, 0.717) is 0 Å². The minimum absolute atomic E-state index is 0.837. The molecule has 4 aromatic heterocycles. The average Bonchev–Trinajstić information content (AvgIpc) is 3.28. The molecule has 0 unspecified atom stereocenters. The Labute approximate surface area is 127 Å². The highest BCUT2D eigenvalue weighted by Gasteiger charge is 2.19. The third-order valence-electron chi connectivity index (χ3n) is 3.77. The van der Waals surface area contributed by atoms with E-state index in [2.05, 4.69) is 15.6 Å². The number of nitrogens with zero attached hydrogens (tertiary/aromatic N) is 2. The van der Waals surface area contributed by atoms with E-state index in [9.17, 15) is 0 Å².